The SMILES string of the molecule is COc1ccc(-n2cc(C=Nc3ccc4c(c3)OCO4)cc2C)cc1. The molecular formula is C20H18N2O3. The number of ether oxygens (including phenoxy) is 3. The van der Waals surface area contributed by atoms with E-state index < -0.39 is 0 Å². The molecule has 0 atom stereocenters. The minimum absolute atomic E-state index is 0.270. The Morgan fingerprint density at radius 1 is 1.04 bits per heavy atom. The predicted molar refractivity (Wildman–Crippen MR) is 96.9 cm³/mol. The van der Waals surface area contributed by atoms with Crippen LogP contribution in [0.15, 0.2) is 59.7 Å². The first-order valence-corrected chi connectivity index (χ1v) is 8.00. The third-order valence-corrected chi connectivity index (χ3v) is 4.10. The number of hydrogen-bond acceptors (Lipinski definition) is 4. The van der Waals surface area contributed by atoms with E-state index >= 15 is 0 Å². The van der Waals surface area contributed by atoms with Gasteiger partial charge in [-0.2, -0.15) is 0 Å². The van der Waals surface area contributed by atoms with Crippen LogP contribution in [0.25, 0.3) is 5.69 Å². The summed E-state index contributed by atoms with van der Waals surface area (Å²) in [6.45, 7) is 2.34. The minimum Gasteiger partial charge on any atom is -0.497 e. The fourth-order valence-electron chi connectivity index (χ4n) is 2.81. The summed E-state index contributed by atoms with van der Waals surface area (Å²) in [5.41, 5.74) is 4.09. The van der Waals surface area contributed by atoms with Crippen molar-refractivity contribution in [3.63, 3.8) is 0 Å². The smallest absolute Gasteiger partial charge is 0.231 e. The van der Waals surface area contributed by atoms with Crippen LogP contribution in [0.2, 0.25) is 0 Å². The van der Waals surface area contributed by atoms with Gasteiger partial charge in [0.2, 0.25) is 6.79 Å². The van der Waals surface area contributed by atoms with Crippen LogP contribution in [0, 0.1) is 6.92 Å². The molecule has 0 bridgehead atoms. The number of aryl methyl sites for hydroxylation is 1. The van der Waals surface area contributed by atoms with E-state index in [0.717, 1.165) is 39.9 Å². The first-order chi connectivity index (χ1) is 12.2. The molecule has 0 unspecified atom stereocenters. The van der Waals surface area contributed by atoms with E-state index in [4.69, 9.17) is 14.2 Å². The Bertz CT molecular complexity index is 927. The lowest BCUT2D eigenvalue weighted by Crippen LogP contribution is -1.94. The van der Waals surface area contributed by atoms with Crippen molar-refractivity contribution in [1.82, 2.24) is 4.57 Å². The van der Waals surface area contributed by atoms with E-state index in [0.29, 0.717) is 0 Å². The van der Waals surface area contributed by atoms with Crippen molar-refractivity contribution >= 4 is 11.9 Å². The maximum Gasteiger partial charge on any atom is 0.231 e. The molecule has 0 saturated carbocycles. The van der Waals surface area contributed by atoms with Crippen LogP contribution >= 0.6 is 0 Å². The van der Waals surface area contributed by atoms with Crippen LogP contribution in [0.4, 0.5) is 5.69 Å². The van der Waals surface area contributed by atoms with Gasteiger partial charge in [0.1, 0.15) is 5.75 Å². The first kappa shape index (κ1) is 15.3. The van der Waals surface area contributed by atoms with Gasteiger partial charge in [-0.25, -0.2) is 0 Å². The Labute approximate surface area is 146 Å². The molecule has 0 spiro atoms. The summed E-state index contributed by atoms with van der Waals surface area (Å²) in [5.74, 6) is 2.35. The Morgan fingerprint density at radius 2 is 1.84 bits per heavy atom. The average Bonchev–Trinajstić information content (AvgIpc) is 3.26. The summed E-state index contributed by atoms with van der Waals surface area (Å²) in [6.07, 6.45) is 3.91. The molecular weight excluding hydrogens is 316 g/mol. The molecule has 0 N–H and O–H groups in total. The van der Waals surface area contributed by atoms with E-state index in [1.54, 1.807) is 7.11 Å². The zero-order chi connectivity index (χ0) is 17.2. The average molecular weight is 334 g/mol. The number of aromatic nitrogens is 1. The predicted octanol–water partition coefficient (Wildman–Crippen LogP) is 4.27. The molecule has 1 aliphatic rings. The van der Waals surface area contributed by atoms with Gasteiger partial charge in [-0.05, 0) is 49.4 Å². The molecule has 2 heterocycles. The van der Waals surface area contributed by atoms with Crippen molar-refractivity contribution in [3.8, 4) is 22.9 Å². The van der Waals surface area contributed by atoms with Gasteiger partial charge < -0.3 is 18.8 Å². The van der Waals surface area contributed by atoms with Gasteiger partial charge in [0, 0.05) is 35.4 Å². The second kappa shape index (κ2) is 6.36. The first-order valence-electron chi connectivity index (χ1n) is 8.00. The van der Waals surface area contributed by atoms with Crippen LogP contribution in [0.3, 0.4) is 0 Å². The van der Waals surface area contributed by atoms with Gasteiger partial charge in [-0.3, -0.25) is 4.99 Å². The molecule has 0 saturated heterocycles. The molecule has 0 radical (unpaired) electrons. The fraction of sp³-hybridized carbons (Fsp3) is 0.150. The maximum atomic E-state index is 5.38. The summed E-state index contributed by atoms with van der Waals surface area (Å²) >= 11 is 0. The highest BCUT2D eigenvalue weighted by molar-refractivity contribution is 5.82. The highest BCUT2D eigenvalue weighted by Crippen LogP contribution is 2.35. The number of benzene rings is 2. The van der Waals surface area contributed by atoms with Crippen LogP contribution < -0.4 is 14.2 Å². The lowest BCUT2D eigenvalue weighted by molar-refractivity contribution is 0.174. The van der Waals surface area contributed by atoms with E-state index in [2.05, 4.69) is 28.7 Å². The molecule has 1 aliphatic heterocycles. The lowest BCUT2D eigenvalue weighted by atomic mass is 10.3. The highest BCUT2D eigenvalue weighted by Gasteiger charge is 2.12. The van der Waals surface area contributed by atoms with Crippen LogP contribution in [0.5, 0.6) is 17.2 Å². The molecule has 4 rings (SSSR count). The zero-order valence-electron chi connectivity index (χ0n) is 14.1. The second-order valence-electron chi connectivity index (χ2n) is 5.78. The minimum atomic E-state index is 0.270. The van der Waals surface area contributed by atoms with Gasteiger partial charge in [0.15, 0.2) is 11.5 Å². The summed E-state index contributed by atoms with van der Waals surface area (Å²) in [4.78, 5) is 4.54. The van der Waals surface area contributed by atoms with Gasteiger partial charge in [-0.1, -0.05) is 0 Å². The van der Waals surface area contributed by atoms with Crippen LogP contribution in [-0.2, 0) is 0 Å². The molecule has 2 aromatic carbocycles. The van der Waals surface area contributed by atoms with Crippen molar-refractivity contribution in [3.05, 3.63) is 66.0 Å². The summed E-state index contributed by atoms with van der Waals surface area (Å²) in [6, 6.07) is 15.7. The molecule has 25 heavy (non-hydrogen) atoms. The Hall–Kier alpha value is -3.21. The topological polar surface area (TPSA) is 45.0 Å². The zero-order valence-corrected chi connectivity index (χ0v) is 14.1. The Morgan fingerprint density at radius 3 is 2.64 bits per heavy atom. The van der Waals surface area contributed by atoms with Crippen molar-refractivity contribution in [1.29, 1.82) is 0 Å². The highest BCUT2D eigenvalue weighted by atomic mass is 16.7. The number of methoxy groups -OCH3 is 1. The van der Waals surface area contributed by atoms with Gasteiger partial charge >= 0.3 is 0 Å². The number of rotatable bonds is 4. The van der Waals surface area contributed by atoms with Gasteiger partial charge in [0.05, 0.1) is 12.8 Å². The molecule has 5 nitrogen and oxygen atoms in total. The Kier molecular flexibility index (Phi) is 3.90. The van der Waals surface area contributed by atoms with Crippen LogP contribution in [-0.4, -0.2) is 24.7 Å². The van der Waals surface area contributed by atoms with Crippen molar-refractivity contribution in [2.45, 2.75) is 6.92 Å². The molecule has 126 valence electrons. The van der Waals surface area contributed by atoms with Gasteiger partial charge in [0.25, 0.3) is 0 Å². The monoisotopic (exact) mass is 334 g/mol. The quantitative estimate of drug-likeness (QED) is 0.669. The summed E-state index contributed by atoms with van der Waals surface area (Å²) in [5, 5.41) is 0. The van der Waals surface area contributed by atoms with Crippen molar-refractivity contribution < 1.29 is 14.2 Å². The summed E-state index contributed by atoms with van der Waals surface area (Å²) in [7, 11) is 1.67. The maximum absolute atomic E-state index is 5.38. The van der Waals surface area contributed by atoms with E-state index in [1.165, 1.54) is 0 Å². The van der Waals surface area contributed by atoms with E-state index in [1.807, 2.05) is 48.7 Å². The molecule has 0 amide bonds. The third kappa shape index (κ3) is 3.08. The molecule has 0 fully saturated rings. The number of hydrogen-bond donors (Lipinski definition) is 0. The second-order valence-corrected chi connectivity index (χ2v) is 5.78. The number of aliphatic imine (C=N–C) groups is 1. The standard InChI is InChI=1S/C20H18N2O3/c1-14-9-15(12-22(14)17-4-6-18(23-2)7-5-17)11-21-16-3-8-19-20(10-16)25-13-24-19/h3-12H,13H2,1-2H3. The van der Waals surface area contributed by atoms with Crippen LogP contribution in [0.1, 0.15) is 11.3 Å². The number of nitrogens with zero attached hydrogens (tertiary/aromatic N) is 2. The van der Waals surface area contributed by atoms with Crippen molar-refractivity contribution in [2.75, 3.05) is 13.9 Å². The number of fused-ring (bicyclic) bond motifs is 1. The summed E-state index contributed by atoms with van der Waals surface area (Å²) < 4.78 is 18.0. The molecule has 1 aromatic heterocycles. The van der Waals surface area contributed by atoms with Crippen molar-refractivity contribution in [2.24, 2.45) is 4.99 Å². The molecule has 5 heteroatoms. The van der Waals surface area contributed by atoms with E-state index in [-0.39, 0.29) is 6.79 Å². The molecule has 3 aromatic rings. The molecule has 0 aliphatic carbocycles. The lowest BCUT2D eigenvalue weighted by Gasteiger charge is -2.06. The fourth-order valence-corrected chi connectivity index (χ4v) is 2.81. The third-order valence-electron chi connectivity index (χ3n) is 4.10. The Balaban J connectivity index is 1.57. The largest absolute Gasteiger partial charge is 0.497 e. The van der Waals surface area contributed by atoms with Gasteiger partial charge in [-0.15, -0.1) is 0 Å². The van der Waals surface area contributed by atoms with E-state index in [9.17, 15) is 0 Å². The normalized spacial score (nSPS) is 12.7.